The number of thiazole rings is 2. The molecule has 4 heterocycles. The van der Waals surface area contributed by atoms with Crippen LogP contribution in [0.4, 0.5) is 19.0 Å². The van der Waals surface area contributed by atoms with Gasteiger partial charge < -0.3 is 19.3 Å². The zero-order valence-electron chi connectivity index (χ0n) is 35.4. The number of rotatable bonds is 12. The smallest absolute Gasteiger partial charge is 0.243 e. The first-order chi connectivity index (χ1) is 30.5. The number of methoxy groups -OCH3 is 2. The minimum absolute atomic E-state index is 0.0253. The fraction of sp³-hybridized carbons (Fsp3) is 0.318. The van der Waals surface area contributed by atoms with Gasteiger partial charge in [0.25, 0.3) is 0 Å². The second-order valence-corrected chi connectivity index (χ2v) is 21.4. The summed E-state index contributed by atoms with van der Waals surface area (Å²) in [6, 6.07) is 18.8. The Bertz CT molecular complexity index is 2830. The summed E-state index contributed by atoms with van der Waals surface area (Å²) in [5, 5.41) is 6.90. The summed E-state index contributed by atoms with van der Waals surface area (Å²) in [5.41, 5.74) is 4.85. The minimum atomic E-state index is -3.74. The van der Waals surface area contributed by atoms with E-state index in [0.717, 1.165) is 56.4 Å². The summed E-state index contributed by atoms with van der Waals surface area (Å²) in [6.07, 6.45) is 1.22. The average molecular weight is 992 g/mol. The maximum atomic E-state index is 13.7. The van der Waals surface area contributed by atoms with Gasteiger partial charge >= 0.3 is 0 Å². The van der Waals surface area contributed by atoms with E-state index in [1.54, 1.807) is 40.2 Å². The molecule has 0 spiro atoms. The standard InChI is InChI=1S/C23H26FN3O4S2.C21H20Cl2FN3O2S2/c1-16-4-6-18(24)13-22(16)33(28,29)27-10-8-26(9-11-27)23-25-19(15-32-23)12-17-5-7-20(30-2)14-21(17)31-3;1-14-2-5-17(24)12-20(14)31(28,29)27-8-6-26(7-9-27)21-25-18(13-30-21)10-15-3-4-16(22)11-19(15)23/h4-7,13-15H,8-12H2,1-3H3;2-5,11-13H,6-10H2,1H3. The normalized spacial score (nSPS) is 15.2. The number of piperazine rings is 2. The first-order valence-corrected chi connectivity index (χ1v) is 25.5. The number of hydrogen-bond donors (Lipinski definition) is 0. The van der Waals surface area contributed by atoms with E-state index < -0.39 is 31.7 Å². The molecule has 12 nitrogen and oxygen atoms in total. The van der Waals surface area contributed by atoms with Crippen LogP contribution < -0.4 is 19.3 Å². The molecule has 0 radical (unpaired) electrons. The van der Waals surface area contributed by atoms with Crippen molar-refractivity contribution in [2.45, 2.75) is 36.5 Å². The van der Waals surface area contributed by atoms with Gasteiger partial charge in [0, 0.05) is 97.6 Å². The lowest BCUT2D eigenvalue weighted by atomic mass is 10.1. The summed E-state index contributed by atoms with van der Waals surface area (Å²) in [6.45, 7) is 6.69. The number of aromatic nitrogens is 2. The Labute approximate surface area is 390 Å². The molecule has 64 heavy (non-hydrogen) atoms. The predicted octanol–water partition coefficient (Wildman–Crippen LogP) is 8.71. The number of anilines is 2. The fourth-order valence-electron chi connectivity index (χ4n) is 7.32. The van der Waals surface area contributed by atoms with Gasteiger partial charge in [0.1, 0.15) is 23.1 Å². The zero-order chi connectivity index (χ0) is 45.8. The molecule has 2 fully saturated rings. The lowest BCUT2D eigenvalue weighted by Crippen LogP contribution is -2.48. The van der Waals surface area contributed by atoms with Crippen molar-refractivity contribution in [3.8, 4) is 11.5 Å². The summed E-state index contributed by atoms with van der Waals surface area (Å²) in [7, 11) is -4.24. The number of nitrogens with zero attached hydrogens (tertiary/aromatic N) is 6. The van der Waals surface area contributed by atoms with Crippen molar-refractivity contribution in [2.75, 3.05) is 76.4 Å². The van der Waals surface area contributed by atoms with E-state index >= 15 is 0 Å². The zero-order valence-corrected chi connectivity index (χ0v) is 40.2. The Morgan fingerprint density at radius 3 is 1.53 bits per heavy atom. The van der Waals surface area contributed by atoms with Gasteiger partial charge in [-0.1, -0.05) is 47.5 Å². The lowest BCUT2D eigenvalue weighted by Gasteiger charge is -2.34. The van der Waals surface area contributed by atoms with Crippen LogP contribution in [-0.2, 0) is 32.9 Å². The molecular weight excluding hydrogens is 946 g/mol. The molecule has 340 valence electrons. The van der Waals surface area contributed by atoms with Gasteiger partial charge in [0.2, 0.25) is 20.0 Å². The first-order valence-electron chi connectivity index (χ1n) is 20.1. The third kappa shape index (κ3) is 11.0. The van der Waals surface area contributed by atoms with E-state index in [0.29, 0.717) is 86.4 Å². The number of sulfonamides is 2. The quantitative estimate of drug-likeness (QED) is 0.118. The van der Waals surface area contributed by atoms with Gasteiger partial charge in [-0.25, -0.2) is 35.6 Å². The highest BCUT2D eigenvalue weighted by Crippen LogP contribution is 2.32. The Morgan fingerprint density at radius 2 is 1.08 bits per heavy atom. The van der Waals surface area contributed by atoms with Crippen LogP contribution in [0.25, 0.3) is 0 Å². The molecule has 0 N–H and O–H groups in total. The van der Waals surface area contributed by atoms with Crippen molar-refractivity contribution in [3.63, 3.8) is 0 Å². The molecule has 0 bridgehead atoms. The Hall–Kier alpha value is -4.40. The molecule has 0 amide bonds. The maximum absolute atomic E-state index is 13.7. The molecule has 0 unspecified atom stereocenters. The molecule has 2 aromatic heterocycles. The van der Waals surface area contributed by atoms with Crippen LogP contribution >= 0.6 is 45.9 Å². The van der Waals surface area contributed by atoms with Gasteiger partial charge in [-0.3, -0.25) is 0 Å². The number of halogens is 4. The van der Waals surface area contributed by atoms with Crippen molar-refractivity contribution < 1.29 is 35.1 Å². The van der Waals surface area contributed by atoms with Crippen LogP contribution in [0.15, 0.2) is 93.3 Å². The van der Waals surface area contributed by atoms with Crippen LogP contribution in [0.1, 0.15) is 33.6 Å². The van der Waals surface area contributed by atoms with Gasteiger partial charge in [-0.2, -0.15) is 8.61 Å². The molecule has 2 aliphatic heterocycles. The molecule has 4 aromatic carbocycles. The molecule has 2 aliphatic rings. The van der Waals surface area contributed by atoms with Crippen LogP contribution in [0.2, 0.25) is 10.0 Å². The largest absolute Gasteiger partial charge is 0.497 e. The predicted molar refractivity (Wildman–Crippen MR) is 250 cm³/mol. The van der Waals surface area contributed by atoms with Gasteiger partial charge in [-0.15, -0.1) is 22.7 Å². The first kappa shape index (κ1) is 47.6. The Kier molecular flexibility index (Phi) is 15.2. The highest BCUT2D eigenvalue weighted by Gasteiger charge is 2.32. The average Bonchev–Trinajstić information content (AvgIpc) is 3.97. The Morgan fingerprint density at radius 1 is 0.609 bits per heavy atom. The van der Waals surface area contributed by atoms with Crippen molar-refractivity contribution in [1.29, 1.82) is 0 Å². The van der Waals surface area contributed by atoms with Crippen LogP contribution in [0, 0.1) is 25.5 Å². The highest BCUT2D eigenvalue weighted by molar-refractivity contribution is 7.89. The highest BCUT2D eigenvalue weighted by atomic mass is 35.5. The van der Waals surface area contributed by atoms with E-state index in [1.165, 1.54) is 55.5 Å². The minimum Gasteiger partial charge on any atom is -0.497 e. The SMILES string of the molecule is COc1ccc(Cc2csc(N3CCN(S(=O)(=O)c4cc(F)ccc4C)CC3)n2)c(OC)c1.Cc1ccc(F)cc1S(=O)(=O)N1CCN(c2nc(Cc3ccc(Cl)cc3Cl)cs2)CC1. The monoisotopic (exact) mass is 990 g/mol. The van der Waals surface area contributed by atoms with Gasteiger partial charge in [0.15, 0.2) is 10.3 Å². The molecular formula is C44H46Cl2F2N6O6S4. The summed E-state index contributed by atoms with van der Waals surface area (Å²) in [4.78, 5) is 13.7. The topological polar surface area (TPSA) is 125 Å². The lowest BCUT2D eigenvalue weighted by molar-refractivity contribution is 0.384. The third-order valence-electron chi connectivity index (χ3n) is 10.9. The van der Waals surface area contributed by atoms with Crippen molar-refractivity contribution in [3.05, 3.63) is 139 Å². The number of benzene rings is 4. The molecule has 2 saturated heterocycles. The number of ether oxygens (including phenoxy) is 2. The molecule has 20 heteroatoms. The van der Waals surface area contributed by atoms with Crippen molar-refractivity contribution in [1.82, 2.24) is 18.6 Å². The van der Waals surface area contributed by atoms with Gasteiger partial charge in [0.05, 0.1) is 35.4 Å². The number of aryl methyl sites for hydroxylation is 2. The molecule has 0 saturated carbocycles. The van der Waals surface area contributed by atoms with E-state index in [9.17, 15) is 25.6 Å². The van der Waals surface area contributed by atoms with Crippen LogP contribution in [0.3, 0.4) is 0 Å². The maximum Gasteiger partial charge on any atom is 0.243 e. The van der Waals surface area contributed by atoms with E-state index in [2.05, 4.69) is 9.80 Å². The van der Waals surface area contributed by atoms with E-state index in [1.807, 2.05) is 35.0 Å². The van der Waals surface area contributed by atoms with Gasteiger partial charge in [-0.05, 0) is 73.0 Å². The molecule has 8 rings (SSSR count). The summed E-state index contributed by atoms with van der Waals surface area (Å²) < 4.78 is 92.8. The Balaban J connectivity index is 0.000000192. The molecule has 6 aromatic rings. The van der Waals surface area contributed by atoms with Crippen molar-refractivity contribution >= 4 is 76.2 Å². The van der Waals surface area contributed by atoms with E-state index in [-0.39, 0.29) is 9.79 Å². The fourth-order valence-corrected chi connectivity index (χ4v) is 12.9. The van der Waals surface area contributed by atoms with Crippen molar-refractivity contribution in [2.24, 2.45) is 0 Å². The second kappa shape index (κ2) is 20.4. The number of hydrogen-bond acceptors (Lipinski definition) is 12. The summed E-state index contributed by atoms with van der Waals surface area (Å²) >= 11 is 15.3. The van der Waals surface area contributed by atoms with E-state index in [4.69, 9.17) is 42.6 Å². The van der Waals surface area contributed by atoms with Crippen LogP contribution in [0.5, 0.6) is 11.5 Å². The van der Waals surface area contributed by atoms with Crippen LogP contribution in [-0.4, -0.2) is 102 Å². The molecule has 0 atom stereocenters. The molecule has 0 aliphatic carbocycles. The second-order valence-electron chi connectivity index (χ2n) is 15.1. The summed E-state index contributed by atoms with van der Waals surface area (Å²) in [5.74, 6) is 0.367. The third-order valence-corrected chi connectivity index (χ3v) is 17.5.